The maximum absolute atomic E-state index is 12.6. The molecule has 0 aliphatic carbocycles. The molecule has 25 heavy (non-hydrogen) atoms. The van der Waals surface area contributed by atoms with Crippen LogP contribution in [0.5, 0.6) is 0 Å². The summed E-state index contributed by atoms with van der Waals surface area (Å²) in [5.41, 5.74) is 1.42. The van der Waals surface area contributed by atoms with Crippen molar-refractivity contribution in [3.63, 3.8) is 0 Å². The molecule has 128 valence electrons. The van der Waals surface area contributed by atoms with Crippen LogP contribution in [0.25, 0.3) is 10.2 Å². The van der Waals surface area contributed by atoms with E-state index in [1.165, 1.54) is 28.4 Å². The number of nitro benzene ring substituents is 1. The molecule has 1 aromatic heterocycles. The fraction of sp³-hybridized carbons (Fsp3) is 0.176. The Morgan fingerprint density at radius 2 is 2.08 bits per heavy atom. The van der Waals surface area contributed by atoms with Gasteiger partial charge in [-0.15, -0.1) is 11.3 Å². The molecule has 3 aromatic rings. The second-order valence-electron chi connectivity index (χ2n) is 5.48. The molecule has 0 saturated carbocycles. The van der Waals surface area contributed by atoms with Gasteiger partial charge in [0.1, 0.15) is 10.7 Å². The molecule has 0 unspecified atom stereocenters. The van der Waals surface area contributed by atoms with E-state index in [2.05, 4.69) is 10.3 Å². The van der Waals surface area contributed by atoms with E-state index < -0.39 is 4.92 Å². The number of carbonyl (C=O) groups excluding carboxylic acids is 1. The minimum absolute atomic E-state index is 0.123. The molecule has 0 fully saturated rings. The number of nitrogens with zero attached hydrogens (tertiary/aromatic N) is 3. The number of para-hydroxylation sites is 1. The number of hydrogen-bond donors (Lipinski definition) is 1. The molecule has 1 N–H and O–H groups in total. The van der Waals surface area contributed by atoms with E-state index in [1.807, 2.05) is 24.3 Å². The summed E-state index contributed by atoms with van der Waals surface area (Å²) >= 11 is 1.53. The normalized spacial score (nSPS) is 10.6. The maximum atomic E-state index is 12.6. The molecule has 0 spiro atoms. The first-order valence-electron chi connectivity index (χ1n) is 7.55. The van der Waals surface area contributed by atoms with Gasteiger partial charge in [0, 0.05) is 25.7 Å². The van der Waals surface area contributed by atoms with Crippen LogP contribution in [0.2, 0.25) is 0 Å². The van der Waals surface area contributed by atoms with Gasteiger partial charge in [0.05, 0.1) is 21.7 Å². The highest BCUT2D eigenvalue weighted by Crippen LogP contribution is 2.26. The Balaban J connectivity index is 1.82. The van der Waals surface area contributed by atoms with Crippen LogP contribution >= 0.6 is 11.3 Å². The SMILES string of the molecule is CNc1ccc(C(=O)N(C)Cc2nc3ccccc3s2)cc1[N+](=O)[O-]. The van der Waals surface area contributed by atoms with Gasteiger partial charge in [0.15, 0.2) is 0 Å². The summed E-state index contributed by atoms with van der Waals surface area (Å²) in [7, 11) is 3.26. The Kier molecular flexibility index (Phi) is 4.62. The molecule has 1 amide bonds. The van der Waals surface area contributed by atoms with Gasteiger partial charge in [0.2, 0.25) is 0 Å². The molecule has 7 nitrogen and oxygen atoms in total. The molecule has 0 saturated heterocycles. The summed E-state index contributed by atoms with van der Waals surface area (Å²) in [5, 5.41) is 14.7. The molecule has 2 aromatic carbocycles. The van der Waals surface area contributed by atoms with Gasteiger partial charge in [-0.25, -0.2) is 4.98 Å². The Hall–Kier alpha value is -3.00. The lowest BCUT2D eigenvalue weighted by molar-refractivity contribution is -0.384. The Labute approximate surface area is 148 Å². The lowest BCUT2D eigenvalue weighted by Gasteiger charge is -2.16. The summed E-state index contributed by atoms with van der Waals surface area (Å²) in [6.07, 6.45) is 0. The van der Waals surface area contributed by atoms with Gasteiger partial charge in [0.25, 0.3) is 11.6 Å². The van der Waals surface area contributed by atoms with Gasteiger partial charge < -0.3 is 10.2 Å². The van der Waals surface area contributed by atoms with Crippen LogP contribution in [-0.4, -0.2) is 34.8 Å². The molecule has 0 atom stereocenters. The number of rotatable bonds is 5. The zero-order chi connectivity index (χ0) is 18.0. The van der Waals surface area contributed by atoms with E-state index in [4.69, 9.17) is 0 Å². The topological polar surface area (TPSA) is 88.4 Å². The van der Waals surface area contributed by atoms with Crippen LogP contribution < -0.4 is 5.32 Å². The zero-order valence-electron chi connectivity index (χ0n) is 13.7. The van der Waals surface area contributed by atoms with Gasteiger partial charge in [-0.3, -0.25) is 14.9 Å². The van der Waals surface area contributed by atoms with Crippen LogP contribution in [0, 0.1) is 10.1 Å². The molecular formula is C17H16N4O3S. The zero-order valence-corrected chi connectivity index (χ0v) is 14.5. The molecule has 1 heterocycles. The number of anilines is 1. The van der Waals surface area contributed by atoms with Crippen molar-refractivity contribution >= 4 is 38.8 Å². The summed E-state index contributed by atoms with van der Waals surface area (Å²) in [6, 6.07) is 12.2. The second-order valence-corrected chi connectivity index (χ2v) is 6.59. The van der Waals surface area contributed by atoms with E-state index >= 15 is 0 Å². The first kappa shape index (κ1) is 16.8. The number of nitrogens with one attached hydrogen (secondary N) is 1. The Bertz CT molecular complexity index is 921. The number of benzene rings is 2. The Morgan fingerprint density at radius 1 is 1.32 bits per heavy atom. The predicted octanol–water partition coefficient (Wildman–Crippen LogP) is 3.52. The number of amides is 1. The third-order valence-corrected chi connectivity index (χ3v) is 4.79. The third kappa shape index (κ3) is 3.43. The van der Waals surface area contributed by atoms with Crippen LogP contribution in [0.4, 0.5) is 11.4 Å². The van der Waals surface area contributed by atoms with Crippen LogP contribution in [0.15, 0.2) is 42.5 Å². The van der Waals surface area contributed by atoms with Gasteiger partial charge in [-0.2, -0.15) is 0 Å². The van der Waals surface area contributed by atoms with E-state index in [0.717, 1.165) is 15.2 Å². The summed E-state index contributed by atoms with van der Waals surface area (Å²) in [6.45, 7) is 0.347. The fourth-order valence-electron chi connectivity index (χ4n) is 2.51. The first-order valence-corrected chi connectivity index (χ1v) is 8.37. The largest absolute Gasteiger partial charge is 0.383 e. The van der Waals surface area contributed by atoms with Crippen LogP contribution in [0.3, 0.4) is 0 Å². The summed E-state index contributed by atoms with van der Waals surface area (Å²) in [5.74, 6) is -0.287. The number of fused-ring (bicyclic) bond motifs is 1. The molecule has 8 heteroatoms. The van der Waals surface area contributed by atoms with Gasteiger partial charge in [-0.1, -0.05) is 12.1 Å². The maximum Gasteiger partial charge on any atom is 0.293 e. The quantitative estimate of drug-likeness (QED) is 0.558. The standard InChI is InChI=1S/C17H16N4O3S/c1-18-12-8-7-11(9-14(12)21(23)24)17(22)20(2)10-16-19-13-5-3-4-6-15(13)25-16/h3-9,18H,10H2,1-2H3. The second kappa shape index (κ2) is 6.86. The molecule has 0 aliphatic heterocycles. The van der Waals surface area contributed by atoms with Gasteiger partial charge >= 0.3 is 0 Å². The van der Waals surface area contributed by atoms with E-state index in [0.29, 0.717) is 12.2 Å². The van der Waals surface area contributed by atoms with E-state index in [1.54, 1.807) is 20.2 Å². The average Bonchev–Trinajstić information content (AvgIpc) is 3.02. The molecule has 3 rings (SSSR count). The number of thiazole rings is 1. The number of aromatic nitrogens is 1. The predicted molar refractivity (Wildman–Crippen MR) is 98.1 cm³/mol. The summed E-state index contributed by atoms with van der Waals surface area (Å²) in [4.78, 5) is 29.3. The van der Waals surface area contributed by atoms with Crippen molar-refractivity contribution in [3.05, 3.63) is 63.1 Å². The van der Waals surface area contributed by atoms with Crippen molar-refractivity contribution in [3.8, 4) is 0 Å². The van der Waals surface area contributed by atoms with Crippen molar-refractivity contribution < 1.29 is 9.72 Å². The molecular weight excluding hydrogens is 340 g/mol. The Morgan fingerprint density at radius 3 is 2.76 bits per heavy atom. The average molecular weight is 356 g/mol. The monoisotopic (exact) mass is 356 g/mol. The third-order valence-electron chi connectivity index (χ3n) is 3.77. The number of nitro groups is 1. The first-order chi connectivity index (χ1) is 12.0. The fourth-order valence-corrected chi connectivity index (χ4v) is 3.53. The number of hydrogen-bond acceptors (Lipinski definition) is 6. The van der Waals surface area contributed by atoms with Crippen molar-refractivity contribution in [2.24, 2.45) is 0 Å². The van der Waals surface area contributed by atoms with E-state index in [-0.39, 0.29) is 17.2 Å². The van der Waals surface area contributed by atoms with Crippen molar-refractivity contribution in [2.75, 3.05) is 19.4 Å². The lowest BCUT2D eigenvalue weighted by Crippen LogP contribution is -2.26. The highest BCUT2D eigenvalue weighted by Gasteiger charge is 2.20. The van der Waals surface area contributed by atoms with Crippen molar-refractivity contribution in [1.29, 1.82) is 0 Å². The van der Waals surface area contributed by atoms with E-state index in [9.17, 15) is 14.9 Å². The highest BCUT2D eigenvalue weighted by molar-refractivity contribution is 7.18. The highest BCUT2D eigenvalue weighted by atomic mass is 32.1. The lowest BCUT2D eigenvalue weighted by atomic mass is 10.1. The van der Waals surface area contributed by atoms with Gasteiger partial charge in [-0.05, 0) is 24.3 Å². The number of carbonyl (C=O) groups is 1. The van der Waals surface area contributed by atoms with Crippen LogP contribution in [0.1, 0.15) is 15.4 Å². The van der Waals surface area contributed by atoms with Crippen molar-refractivity contribution in [2.45, 2.75) is 6.54 Å². The van der Waals surface area contributed by atoms with Crippen molar-refractivity contribution in [1.82, 2.24) is 9.88 Å². The molecule has 0 radical (unpaired) electrons. The molecule has 0 aliphatic rings. The summed E-state index contributed by atoms with van der Waals surface area (Å²) < 4.78 is 1.06. The smallest absolute Gasteiger partial charge is 0.293 e. The minimum Gasteiger partial charge on any atom is -0.383 e. The molecule has 0 bridgehead atoms. The minimum atomic E-state index is -0.504. The van der Waals surface area contributed by atoms with Crippen LogP contribution in [-0.2, 0) is 6.54 Å².